The number of hydrogen-bond acceptors (Lipinski definition) is 5. The number of likely N-dealkylation sites (tertiary alicyclic amines) is 1. The van der Waals surface area contributed by atoms with Crippen molar-refractivity contribution in [3.63, 3.8) is 0 Å². The summed E-state index contributed by atoms with van der Waals surface area (Å²) in [7, 11) is 0. The summed E-state index contributed by atoms with van der Waals surface area (Å²) >= 11 is 0. The van der Waals surface area contributed by atoms with Gasteiger partial charge in [0.2, 0.25) is 5.91 Å². The summed E-state index contributed by atoms with van der Waals surface area (Å²) < 4.78 is 5.30. The van der Waals surface area contributed by atoms with Crippen LogP contribution in [0.3, 0.4) is 0 Å². The molecule has 3 N–H and O–H groups in total. The van der Waals surface area contributed by atoms with Crippen LogP contribution in [0.5, 0.6) is 5.75 Å². The van der Waals surface area contributed by atoms with Crippen LogP contribution in [0, 0.1) is 11.3 Å². The van der Waals surface area contributed by atoms with Gasteiger partial charge in [-0.15, -0.1) is 0 Å². The molecule has 0 unspecified atom stereocenters. The zero-order valence-corrected chi connectivity index (χ0v) is 13.3. The van der Waals surface area contributed by atoms with E-state index in [2.05, 4.69) is 11.4 Å². The fourth-order valence-electron chi connectivity index (χ4n) is 3.27. The highest BCUT2D eigenvalue weighted by molar-refractivity contribution is 5.83. The second kappa shape index (κ2) is 6.89. The van der Waals surface area contributed by atoms with Crippen molar-refractivity contribution in [2.75, 3.05) is 13.2 Å². The van der Waals surface area contributed by atoms with E-state index in [0.29, 0.717) is 25.3 Å². The molecule has 2 aliphatic rings. The third-order valence-corrected chi connectivity index (χ3v) is 4.50. The minimum absolute atomic E-state index is 0.00115. The van der Waals surface area contributed by atoms with Crippen LogP contribution in [-0.4, -0.2) is 41.9 Å². The van der Waals surface area contributed by atoms with Gasteiger partial charge >= 0.3 is 0 Å². The third-order valence-electron chi connectivity index (χ3n) is 4.50. The topological polar surface area (TPSA) is 108 Å². The van der Waals surface area contributed by atoms with Crippen LogP contribution in [0.2, 0.25) is 0 Å². The van der Waals surface area contributed by atoms with Crippen LogP contribution in [0.1, 0.15) is 24.0 Å². The Balaban J connectivity index is 1.67. The van der Waals surface area contributed by atoms with Crippen LogP contribution in [-0.2, 0) is 22.6 Å². The van der Waals surface area contributed by atoms with Crippen molar-refractivity contribution in [1.29, 1.82) is 5.26 Å². The first-order valence-electron chi connectivity index (χ1n) is 8.05. The number of fused-ring (bicyclic) bond motifs is 1. The van der Waals surface area contributed by atoms with Crippen molar-refractivity contribution in [2.45, 2.75) is 37.9 Å². The number of rotatable bonds is 4. The lowest BCUT2D eigenvalue weighted by Crippen LogP contribution is -2.50. The van der Waals surface area contributed by atoms with E-state index in [9.17, 15) is 9.59 Å². The predicted molar refractivity (Wildman–Crippen MR) is 85.8 cm³/mol. The molecular formula is C17H20N4O3. The Bertz CT molecular complexity index is 698. The number of primary amides is 1. The van der Waals surface area contributed by atoms with Gasteiger partial charge in [0.05, 0.1) is 12.1 Å². The lowest BCUT2D eigenvalue weighted by molar-refractivity contribution is -0.133. The minimum atomic E-state index is -0.519. The number of hydrogen-bond donors (Lipinski definition) is 2. The third kappa shape index (κ3) is 3.34. The minimum Gasteiger partial charge on any atom is -0.484 e. The molecule has 126 valence electrons. The number of nitrogens with zero attached hydrogens (tertiary/aromatic N) is 2. The van der Waals surface area contributed by atoms with Gasteiger partial charge in [0.25, 0.3) is 5.91 Å². The second-order valence-electron chi connectivity index (χ2n) is 6.14. The standard InChI is InChI=1S/C17H20N4O3/c18-8-13-2-1-5-21(13)17(23)15-7-11-3-4-14(24-10-16(19)22)6-12(11)9-20-15/h3-4,6,13,15,20H,1-2,5,7,9-10H2,(H2,19,22)/t13-,15-/m0/s1. The number of carbonyl (C=O) groups excluding carboxylic acids is 2. The fourth-order valence-corrected chi connectivity index (χ4v) is 3.27. The molecule has 7 heteroatoms. The van der Waals surface area contributed by atoms with Crippen LogP contribution in [0.4, 0.5) is 0 Å². The second-order valence-corrected chi connectivity index (χ2v) is 6.14. The Hall–Kier alpha value is -2.59. The smallest absolute Gasteiger partial charge is 0.255 e. The van der Waals surface area contributed by atoms with E-state index < -0.39 is 5.91 Å². The summed E-state index contributed by atoms with van der Waals surface area (Å²) in [5.74, 6) is 0.0659. The SMILES string of the molecule is N#C[C@@H]1CCCN1C(=O)[C@@H]1Cc2ccc(OCC(N)=O)cc2CN1. The number of nitrogens with two attached hydrogens (primary N) is 1. The van der Waals surface area contributed by atoms with Crippen molar-refractivity contribution in [1.82, 2.24) is 10.2 Å². The zero-order chi connectivity index (χ0) is 17.1. The van der Waals surface area contributed by atoms with E-state index in [-0.39, 0.29) is 24.6 Å². The predicted octanol–water partition coefficient (Wildman–Crippen LogP) is 0.0796. The van der Waals surface area contributed by atoms with Gasteiger partial charge in [-0.2, -0.15) is 5.26 Å². The van der Waals surface area contributed by atoms with Crippen molar-refractivity contribution in [2.24, 2.45) is 5.73 Å². The maximum absolute atomic E-state index is 12.7. The van der Waals surface area contributed by atoms with Crippen LogP contribution >= 0.6 is 0 Å². The molecule has 0 bridgehead atoms. The Morgan fingerprint density at radius 2 is 2.25 bits per heavy atom. The Labute approximate surface area is 140 Å². The zero-order valence-electron chi connectivity index (χ0n) is 13.3. The molecule has 0 spiro atoms. The molecular weight excluding hydrogens is 308 g/mol. The van der Waals surface area contributed by atoms with Crippen molar-refractivity contribution < 1.29 is 14.3 Å². The first-order valence-corrected chi connectivity index (χ1v) is 8.05. The van der Waals surface area contributed by atoms with E-state index in [1.807, 2.05) is 12.1 Å². The van der Waals surface area contributed by atoms with Gasteiger partial charge in [-0.25, -0.2) is 0 Å². The first-order chi connectivity index (χ1) is 11.6. The summed E-state index contributed by atoms with van der Waals surface area (Å²) in [6, 6.07) is 7.16. The number of benzene rings is 1. The number of ether oxygens (including phenoxy) is 1. The molecule has 2 heterocycles. The average molecular weight is 328 g/mol. The Kier molecular flexibility index (Phi) is 4.67. The number of nitrogens with one attached hydrogen (secondary N) is 1. The van der Waals surface area contributed by atoms with Gasteiger partial charge in [0.1, 0.15) is 11.8 Å². The summed E-state index contributed by atoms with van der Waals surface area (Å²) in [4.78, 5) is 25.1. The highest BCUT2D eigenvalue weighted by Crippen LogP contribution is 2.25. The van der Waals surface area contributed by atoms with E-state index in [1.54, 1.807) is 11.0 Å². The molecule has 3 rings (SSSR count). The summed E-state index contributed by atoms with van der Waals surface area (Å²) in [5, 5.41) is 12.4. The average Bonchev–Trinajstić information content (AvgIpc) is 3.07. The molecule has 2 amide bonds. The molecule has 0 saturated carbocycles. The first kappa shape index (κ1) is 16.3. The number of amides is 2. The molecule has 0 radical (unpaired) electrons. The molecule has 1 aromatic rings. The molecule has 1 fully saturated rings. The van der Waals surface area contributed by atoms with Gasteiger partial charge in [0, 0.05) is 13.1 Å². The van der Waals surface area contributed by atoms with Gasteiger partial charge < -0.3 is 20.7 Å². The summed E-state index contributed by atoms with van der Waals surface area (Å²) in [6.07, 6.45) is 2.22. The van der Waals surface area contributed by atoms with Gasteiger partial charge in [-0.1, -0.05) is 6.07 Å². The van der Waals surface area contributed by atoms with E-state index in [0.717, 1.165) is 24.0 Å². The van der Waals surface area contributed by atoms with Crippen LogP contribution in [0.15, 0.2) is 18.2 Å². The molecule has 7 nitrogen and oxygen atoms in total. The van der Waals surface area contributed by atoms with E-state index in [4.69, 9.17) is 15.7 Å². The van der Waals surface area contributed by atoms with E-state index in [1.165, 1.54) is 0 Å². The maximum Gasteiger partial charge on any atom is 0.255 e. The van der Waals surface area contributed by atoms with Gasteiger partial charge in [-0.05, 0) is 42.5 Å². The number of carbonyl (C=O) groups is 2. The highest BCUT2D eigenvalue weighted by atomic mass is 16.5. The normalized spacial score (nSPS) is 22.5. The quantitative estimate of drug-likeness (QED) is 0.813. The molecule has 0 aromatic heterocycles. The molecule has 0 aliphatic carbocycles. The summed E-state index contributed by atoms with van der Waals surface area (Å²) in [6.45, 7) is 1.05. The van der Waals surface area contributed by atoms with Crippen molar-refractivity contribution >= 4 is 11.8 Å². The lowest BCUT2D eigenvalue weighted by atomic mass is 9.94. The monoisotopic (exact) mass is 328 g/mol. The lowest BCUT2D eigenvalue weighted by Gasteiger charge is -2.30. The van der Waals surface area contributed by atoms with Gasteiger partial charge in [0.15, 0.2) is 6.61 Å². The van der Waals surface area contributed by atoms with E-state index >= 15 is 0 Å². The van der Waals surface area contributed by atoms with Crippen molar-refractivity contribution in [3.05, 3.63) is 29.3 Å². The Morgan fingerprint density at radius 3 is 3.00 bits per heavy atom. The highest BCUT2D eigenvalue weighted by Gasteiger charge is 2.34. The Morgan fingerprint density at radius 1 is 1.42 bits per heavy atom. The molecule has 2 atom stereocenters. The fraction of sp³-hybridized carbons (Fsp3) is 0.471. The molecule has 1 aromatic carbocycles. The maximum atomic E-state index is 12.7. The largest absolute Gasteiger partial charge is 0.484 e. The van der Waals surface area contributed by atoms with Crippen LogP contribution < -0.4 is 15.8 Å². The number of nitriles is 1. The van der Waals surface area contributed by atoms with Crippen molar-refractivity contribution in [3.8, 4) is 11.8 Å². The van der Waals surface area contributed by atoms with Crippen LogP contribution in [0.25, 0.3) is 0 Å². The molecule has 24 heavy (non-hydrogen) atoms. The molecule has 1 saturated heterocycles. The summed E-state index contributed by atoms with van der Waals surface area (Å²) in [5.41, 5.74) is 7.19. The molecule has 2 aliphatic heterocycles. The van der Waals surface area contributed by atoms with Gasteiger partial charge in [-0.3, -0.25) is 9.59 Å².